The monoisotopic (exact) mass is 358 g/mol. The van der Waals surface area contributed by atoms with Crippen LogP contribution in [0.3, 0.4) is 0 Å². The zero-order valence-electron chi connectivity index (χ0n) is 12.9. The van der Waals surface area contributed by atoms with E-state index in [2.05, 4.69) is 10.6 Å². The summed E-state index contributed by atoms with van der Waals surface area (Å²) in [5, 5.41) is 8.90. The minimum absolute atomic E-state index is 0.230. The molecule has 2 amide bonds. The number of carbonyl (C=O) groups excluding carboxylic acids is 1. The molecule has 3 aromatic carbocycles. The van der Waals surface area contributed by atoms with Gasteiger partial charge in [-0.2, -0.15) is 0 Å². The number of hydrogen-bond acceptors (Lipinski definition) is 1. The molecule has 3 nitrogen and oxygen atoms in total. The van der Waals surface area contributed by atoms with Gasteiger partial charge >= 0.3 is 6.03 Å². The number of urea groups is 1. The van der Waals surface area contributed by atoms with Crippen LogP contribution >= 0.6 is 23.2 Å². The van der Waals surface area contributed by atoms with E-state index in [9.17, 15) is 4.79 Å². The molecule has 0 radical (unpaired) electrons. The van der Waals surface area contributed by atoms with Crippen LogP contribution in [0.25, 0.3) is 10.8 Å². The molecule has 122 valence electrons. The summed E-state index contributed by atoms with van der Waals surface area (Å²) in [7, 11) is 0. The normalized spacial score (nSPS) is 10.6. The van der Waals surface area contributed by atoms with Crippen molar-refractivity contribution in [3.05, 3.63) is 76.3 Å². The fraction of sp³-hybridized carbons (Fsp3) is 0.105. The average Bonchev–Trinajstić information content (AvgIpc) is 2.58. The lowest BCUT2D eigenvalue weighted by Crippen LogP contribution is -2.30. The third-order valence-corrected chi connectivity index (χ3v) is 4.46. The molecule has 0 aliphatic heterocycles. The third kappa shape index (κ3) is 3.99. The van der Waals surface area contributed by atoms with Gasteiger partial charge in [0.1, 0.15) is 0 Å². The third-order valence-electron chi connectivity index (χ3n) is 3.72. The topological polar surface area (TPSA) is 41.1 Å². The Labute approximate surface area is 150 Å². The number of carbonyl (C=O) groups is 1. The van der Waals surface area contributed by atoms with Crippen LogP contribution in [0.4, 0.5) is 10.5 Å². The summed E-state index contributed by atoms with van der Waals surface area (Å²) in [5.74, 6) is 0. The lowest BCUT2D eigenvalue weighted by atomic mass is 10.1. The highest BCUT2D eigenvalue weighted by molar-refractivity contribution is 6.42. The number of nitrogens with one attached hydrogen (secondary N) is 2. The molecule has 0 aromatic heterocycles. The molecule has 0 saturated heterocycles. The van der Waals surface area contributed by atoms with Crippen LogP contribution in [0.2, 0.25) is 10.0 Å². The van der Waals surface area contributed by atoms with Crippen LogP contribution in [0.1, 0.15) is 5.56 Å². The van der Waals surface area contributed by atoms with E-state index < -0.39 is 0 Å². The maximum Gasteiger partial charge on any atom is 0.319 e. The molecule has 0 heterocycles. The van der Waals surface area contributed by atoms with Crippen molar-refractivity contribution in [1.82, 2.24) is 5.32 Å². The Bertz CT molecular complexity index is 875. The lowest BCUT2D eigenvalue weighted by Gasteiger charge is -2.10. The van der Waals surface area contributed by atoms with E-state index in [-0.39, 0.29) is 6.03 Å². The second kappa shape index (κ2) is 7.56. The van der Waals surface area contributed by atoms with E-state index in [0.717, 1.165) is 22.0 Å². The van der Waals surface area contributed by atoms with Crippen molar-refractivity contribution in [3.8, 4) is 0 Å². The van der Waals surface area contributed by atoms with Crippen molar-refractivity contribution in [1.29, 1.82) is 0 Å². The number of benzene rings is 3. The van der Waals surface area contributed by atoms with Crippen LogP contribution < -0.4 is 10.6 Å². The summed E-state index contributed by atoms with van der Waals surface area (Å²) in [5.41, 5.74) is 1.81. The Balaban J connectivity index is 1.58. The van der Waals surface area contributed by atoms with Crippen LogP contribution in [0.5, 0.6) is 0 Å². The van der Waals surface area contributed by atoms with E-state index in [1.807, 2.05) is 54.6 Å². The van der Waals surface area contributed by atoms with Crippen molar-refractivity contribution in [2.75, 3.05) is 11.9 Å². The Hall–Kier alpha value is -2.23. The van der Waals surface area contributed by atoms with Crippen molar-refractivity contribution in [2.24, 2.45) is 0 Å². The van der Waals surface area contributed by atoms with Gasteiger partial charge in [-0.3, -0.25) is 0 Å². The molecule has 0 atom stereocenters. The molecule has 0 fully saturated rings. The molecule has 24 heavy (non-hydrogen) atoms. The lowest BCUT2D eigenvalue weighted by molar-refractivity contribution is 0.252. The number of rotatable bonds is 4. The average molecular weight is 359 g/mol. The Morgan fingerprint density at radius 1 is 0.917 bits per heavy atom. The first-order valence-corrected chi connectivity index (χ1v) is 8.35. The number of halogens is 2. The fourth-order valence-electron chi connectivity index (χ4n) is 2.52. The molecule has 0 saturated carbocycles. The number of fused-ring (bicyclic) bond motifs is 1. The molecule has 0 unspecified atom stereocenters. The smallest absolute Gasteiger partial charge is 0.319 e. The molecular formula is C19H16Cl2N2O. The van der Waals surface area contributed by atoms with E-state index in [1.54, 1.807) is 6.07 Å². The first kappa shape index (κ1) is 16.6. The van der Waals surface area contributed by atoms with Gasteiger partial charge in [-0.15, -0.1) is 0 Å². The van der Waals surface area contributed by atoms with Gasteiger partial charge in [0.15, 0.2) is 0 Å². The SMILES string of the molecule is O=C(NCCc1ccc(Cl)c(Cl)c1)Nc1cccc2ccccc12. The van der Waals surface area contributed by atoms with Crippen molar-refractivity contribution >= 4 is 45.7 Å². The van der Waals surface area contributed by atoms with Crippen LogP contribution in [-0.4, -0.2) is 12.6 Å². The van der Waals surface area contributed by atoms with E-state index in [4.69, 9.17) is 23.2 Å². The predicted molar refractivity (Wildman–Crippen MR) is 101 cm³/mol. The first-order chi connectivity index (χ1) is 11.6. The van der Waals surface area contributed by atoms with Gasteiger partial charge in [0.2, 0.25) is 0 Å². The van der Waals surface area contributed by atoms with Gasteiger partial charge in [-0.25, -0.2) is 4.79 Å². The highest BCUT2D eigenvalue weighted by atomic mass is 35.5. The highest BCUT2D eigenvalue weighted by Gasteiger charge is 2.05. The summed E-state index contributed by atoms with van der Waals surface area (Å²) in [4.78, 5) is 12.1. The van der Waals surface area contributed by atoms with Crippen molar-refractivity contribution in [3.63, 3.8) is 0 Å². The number of hydrogen-bond donors (Lipinski definition) is 2. The maximum absolute atomic E-state index is 12.1. The highest BCUT2D eigenvalue weighted by Crippen LogP contribution is 2.23. The van der Waals surface area contributed by atoms with Gasteiger partial charge < -0.3 is 10.6 Å². The summed E-state index contributed by atoms with van der Waals surface area (Å²) < 4.78 is 0. The first-order valence-electron chi connectivity index (χ1n) is 7.60. The van der Waals surface area contributed by atoms with Crippen LogP contribution in [0.15, 0.2) is 60.7 Å². The maximum atomic E-state index is 12.1. The van der Waals surface area contributed by atoms with Gasteiger partial charge in [-0.1, -0.05) is 65.7 Å². The molecule has 3 rings (SSSR count). The Morgan fingerprint density at radius 3 is 2.54 bits per heavy atom. The summed E-state index contributed by atoms with van der Waals surface area (Å²) in [6.07, 6.45) is 0.680. The predicted octanol–water partition coefficient (Wildman–Crippen LogP) is 5.51. The molecule has 0 aliphatic rings. The second-order valence-electron chi connectivity index (χ2n) is 5.41. The standard InChI is InChI=1S/C19H16Cl2N2O/c20-16-9-8-13(12-17(16)21)10-11-22-19(24)23-18-7-3-5-14-4-1-2-6-15(14)18/h1-9,12H,10-11H2,(H2,22,23,24). The molecular weight excluding hydrogens is 343 g/mol. The van der Waals surface area contributed by atoms with Crippen molar-refractivity contribution in [2.45, 2.75) is 6.42 Å². The van der Waals surface area contributed by atoms with Gasteiger partial charge in [-0.05, 0) is 35.6 Å². The fourth-order valence-corrected chi connectivity index (χ4v) is 2.84. The molecule has 0 bridgehead atoms. The van der Waals surface area contributed by atoms with Crippen LogP contribution in [0, 0.1) is 0 Å². The Morgan fingerprint density at radius 2 is 1.71 bits per heavy atom. The molecule has 2 N–H and O–H groups in total. The number of anilines is 1. The summed E-state index contributed by atoms with van der Waals surface area (Å²) >= 11 is 11.9. The molecule has 3 aromatic rings. The minimum atomic E-state index is -0.230. The molecule has 0 aliphatic carbocycles. The van der Waals surface area contributed by atoms with E-state index in [1.165, 1.54) is 0 Å². The van der Waals surface area contributed by atoms with Crippen LogP contribution in [-0.2, 0) is 6.42 Å². The number of amides is 2. The zero-order chi connectivity index (χ0) is 16.9. The van der Waals surface area contributed by atoms with E-state index >= 15 is 0 Å². The summed E-state index contributed by atoms with van der Waals surface area (Å²) in [6.45, 7) is 0.508. The minimum Gasteiger partial charge on any atom is -0.338 e. The van der Waals surface area contributed by atoms with Crippen molar-refractivity contribution < 1.29 is 4.79 Å². The Kier molecular flexibility index (Phi) is 5.24. The molecule has 0 spiro atoms. The molecule has 5 heteroatoms. The summed E-state index contributed by atoms with van der Waals surface area (Å²) in [6, 6.07) is 19.0. The van der Waals surface area contributed by atoms with Gasteiger partial charge in [0.05, 0.1) is 15.7 Å². The second-order valence-corrected chi connectivity index (χ2v) is 6.22. The van der Waals surface area contributed by atoms with Gasteiger partial charge in [0.25, 0.3) is 0 Å². The zero-order valence-corrected chi connectivity index (χ0v) is 14.4. The van der Waals surface area contributed by atoms with Gasteiger partial charge in [0, 0.05) is 11.9 Å². The largest absolute Gasteiger partial charge is 0.338 e. The quantitative estimate of drug-likeness (QED) is 0.634. The van der Waals surface area contributed by atoms with E-state index in [0.29, 0.717) is 23.0 Å².